The minimum absolute atomic E-state index is 0.0244. The van der Waals surface area contributed by atoms with Gasteiger partial charge in [0.2, 0.25) is 5.91 Å². The van der Waals surface area contributed by atoms with Crippen LogP contribution in [0.2, 0.25) is 0 Å². The van der Waals surface area contributed by atoms with E-state index in [-0.39, 0.29) is 11.9 Å². The Labute approximate surface area is 90.3 Å². The van der Waals surface area contributed by atoms with Crippen LogP contribution >= 0.6 is 0 Å². The van der Waals surface area contributed by atoms with E-state index >= 15 is 0 Å². The number of ether oxygens (including phenoxy) is 2. The first-order chi connectivity index (χ1) is 7.11. The molecule has 2 unspecified atom stereocenters. The third-order valence-electron chi connectivity index (χ3n) is 2.85. The Morgan fingerprint density at radius 2 is 2.47 bits per heavy atom. The number of amides is 1. The maximum absolute atomic E-state index is 11.8. The van der Waals surface area contributed by atoms with Gasteiger partial charge in [-0.2, -0.15) is 0 Å². The van der Waals surface area contributed by atoms with Gasteiger partial charge >= 0.3 is 0 Å². The van der Waals surface area contributed by atoms with E-state index in [4.69, 9.17) is 15.2 Å². The Hall–Kier alpha value is -0.650. The molecular weight excluding hydrogens is 196 g/mol. The summed E-state index contributed by atoms with van der Waals surface area (Å²) >= 11 is 0. The minimum atomic E-state index is -0.576. The molecule has 0 aromatic rings. The highest BCUT2D eigenvalue weighted by Crippen LogP contribution is 2.26. The number of hydrogen-bond acceptors (Lipinski definition) is 4. The van der Waals surface area contributed by atoms with Crippen molar-refractivity contribution in [3.8, 4) is 0 Å². The Morgan fingerprint density at radius 1 is 1.73 bits per heavy atom. The number of carbonyl (C=O) groups excluding carboxylic acids is 1. The van der Waals surface area contributed by atoms with E-state index < -0.39 is 5.41 Å². The topological polar surface area (TPSA) is 73.6 Å². The van der Waals surface area contributed by atoms with Crippen LogP contribution in [0.1, 0.15) is 13.3 Å². The average molecular weight is 216 g/mol. The molecule has 0 radical (unpaired) electrons. The van der Waals surface area contributed by atoms with E-state index in [1.165, 1.54) is 0 Å². The van der Waals surface area contributed by atoms with Crippen molar-refractivity contribution in [1.29, 1.82) is 0 Å². The molecule has 1 fully saturated rings. The summed E-state index contributed by atoms with van der Waals surface area (Å²) < 4.78 is 10.1. The summed E-state index contributed by atoms with van der Waals surface area (Å²) in [6.07, 6.45) is 0.814. The third kappa shape index (κ3) is 2.90. The molecule has 0 spiro atoms. The van der Waals surface area contributed by atoms with Crippen LogP contribution in [0, 0.1) is 5.41 Å². The largest absolute Gasteiger partial charge is 0.385 e. The van der Waals surface area contributed by atoms with Gasteiger partial charge in [-0.1, -0.05) is 0 Å². The lowest BCUT2D eigenvalue weighted by Crippen LogP contribution is -2.50. The van der Waals surface area contributed by atoms with Gasteiger partial charge in [0, 0.05) is 26.3 Å². The first kappa shape index (κ1) is 12.4. The Bertz CT molecular complexity index is 223. The van der Waals surface area contributed by atoms with Gasteiger partial charge in [0.15, 0.2) is 0 Å². The molecule has 0 bridgehead atoms. The quantitative estimate of drug-likeness (QED) is 0.608. The second kappa shape index (κ2) is 5.44. The molecule has 15 heavy (non-hydrogen) atoms. The zero-order chi connectivity index (χ0) is 11.3. The first-order valence-corrected chi connectivity index (χ1v) is 5.22. The number of hydrogen-bond donors (Lipinski definition) is 2. The molecule has 1 rings (SSSR count). The van der Waals surface area contributed by atoms with Gasteiger partial charge in [0.1, 0.15) is 0 Å². The zero-order valence-corrected chi connectivity index (χ0v) is 9.41. The molecule has 1 aliphatic rings. The van der Waals surface area contributed by atoms with E-state index in [0.29, 0.717) is 26.4 Å². The van der Waals surface area contributed by atoms with Crippen molar-refractivity contribution in [2.24, 2.45) is 11.1 Å². The zero-order valence-electron chi connectivity index (χ0n) is 9.41. The molecule has 2 atom stereocenters. The number of nitrogens with one attached hydrogen (secondary N) is 1. The summed E-state index contributed by atoms with van der Waals surface area (Å²) in [7, 11) is 1.64. The summed E-state index contributed by atoms with van der Waals surface area (Å²) in [6, 6.07) is -0.208. The summed E-state index contributed by atoms with van der Waals surface area (Å²) in [6.45, 7) is 3.98. The molecular formula is C10H20N2O3. The predicted molar refractivity (Wildman–Crippen MR) is 56.4 cm³/mol. The van der Waals surface area contributed by atoms with Crippen LogP contribution in [0.15, 0.2) is 0 Å². The third-order valence-corrected chi connectivity index (χ3v) is 2.85. The molecule has 0 aromatic carbocycles. The van der Waals surface area contributed by atoms with Crippen LogP contribution < -0.4 is 11.1 Å². The summed E-state index contributed by atoms with van der Waals surface area (Å²) in [5.41, 5.74) is 5.26. The van der Waals surface area contributed by atoms with Crippen molar-refractivity contribution in [1.82, 2.24) is 5.32 Å². The molecule has 1 amide bonds. The fourth-order valence-corrected chi connectivity index (χ4v) is 1.54. The molecule has 1 heterocycles. The lowest BCUT2D eigenvalue weighted by atomic mass is 9.85. The molecule has 3 N–H and O–H groups in total. The van der Waals surface area contributed by atoms with Gasteiger partial charge < -0.3 is 20.5 Å². The van der Waals surface area contributed by atoms with E-state index in [2.05, 4.69) is 5.32 Å². The fourth-order valence-electron chi connectivity index (χ4n) is 1.54. The van der Waals surface area contributed by atoms with Gasteiger partial charge in [-0.25, -0.2) is 0 Å². The first-order valence-electron chi connectivity index (χ1n) is 5.22. The van der Waals surface area contributed by atoms with E-state index in [1.807, 2.05) is 6.92 Å². The van der Waals surface area contributed by atoms with Crippen LogP contribution in [0.4, 0.5) is 0 Å². The smallest absolute Gasteiger partial charge is 0.229 e. The summed E-state index contributed by atoms with van der Waals surface area (Å²) in [4.78, 5) is 11.8. The van der Waals surface area contributed by atoms with Crippen molar-refractivity contribution in [2.45, 2.75) is 19.4 Å². The summed E-state index contributed by atoms with van der Waals surface area (Å²) in [5.74, 6) is -0.0244. The van der Waals surface area contributed by atoms with E-state index in [9.17, 15) is 4.79 Å². The van der Waals surface area contributed by atoms with Gasteiger partial charge in [-0.15, -0.1) is 0 Å². The molecule has 1 aliphatic heterocycles. The SMILES string of the molecule is COCCCNC(=O)C1(C)COCC1N. The normalized spacial score (nSPS) is 30.5. The predicted octanol–water partition coefficient (Wildman–Crippen LogP) is -0.497. The molecule has 0 aliphatic carbocycles. The van der Waals surface area contributed by atoms with Crippen LogP contribution in [-0.4, -0.2) is 45.4 Å². The van der Waals surface area contributed by atoms with Crippen LogP contribution in [0.3, 0.4) is 0 Å². The average Bonchev–Trinajstić information content (AvgIpc) is 2.55. The highest BCUT2D eigenvalue weighted by atomic mass is 16.5. The number of nitrogens with two attached hydrogens (primary N) is 1. The second-order valence-electron chi connectivity index (χ2n) is 4.14. The minimum Gasteiger partial charge on any atom is -0.385 e. The van der Waals surface area contributed by atoms with E-state index in [1.54, 1.807) is 7.11 Å². The van der Waals surface area contributed by atoms with Crippen molar-refractivity contribution < 1.29 is 14.3 Å². The van der Waals surface area contributed by atoms with Gasteiger partial charge in [-0.05, 0) is 13.3 Å². The van der Waals surface area contributed by atoms with Gasteiger partial charge in [0.25, 0.3) is 0 Å². The molecule has 5 nitrogen and oxygen atoms in total. The van der Waals surface area contributed by atoms with Gasteiger partial charge in [0.05, 0.1) is 18.6 Å². The Balaban J connectivity index is 2.32. The highest BCUT2D eigenvalue weighted by Gasteiger charge is 2.43. The number of carbonyl (C=O) groups is 1. The van der Waals surface area contributed by atoms with Crippen molar-refractivity contribution in [2.75, 3.05) is 33.5 Å². The molecule has 0 aromatic heterocycles. The second-order valence-corrected chi connectivity index (χ2v) is 4.14. The van der Waals surface area contributed by atoms with Crippen molar-refractivity contribution in [3.63, 3.8) is 0 Å². The van der Waals surface area contributed by atoms with Crippen LogP contribution in [-0.2, 0) is 14.3 Å². The Morgan fingerprint density at radius 3 is 3.00 bits per heavy atom. The maximum Gasteiger partial charge on any atom is 0.229 e. The highest BCUT2D eigenvalue weighted by molar-refractivity contribution is 5.83. The molecule has 0 saturated carbocycles. The summed E-state index contributed by atoms with van der Waals surface area (Å²) in [5, 5.41) is 2.85. The van der Waals surface area contributed by atoms with Crippen molar-refractivity contribution >= 4 is 5.91 Å². The van der Waals surface area contributed by atoms with E-state index in [0.717, 1.165) is 6.42 Å². The van der Waals surface area contributed by atoms with Crippen molar-refractivity contribution in [3.05, 3.63) is 0 Å². The molecule has 88 valence electrons. The van der Waals surface area contributed by atoms with Gasteiger partial charge in [-0.3, -0.25) is 4.79 Å². The van der Waals surface area contributed by atoms with Crippen LogP contribution in [0.5, 0.6) is 0 Å². The fraction of sp³-hybridized carbons (Fsp3) is 0.900. The lowest BCUT2D eigenvalue weighted by molar-refractivity contribution is -0.130. The monoisotopic (exact) mass is 216 g/mol. The molecule has 1 saturated heterocycles. The molecule has 5 heteroatoms. The standard InChI is InChI=1S/C10H20N2O3/c1-10(7-15-6-8(10)11)9(13)12-4-3-5-14-2/h8H,3-7,11H2,1-2H3,(H,12,13). The van der Waals surface area contributed by atoms with Crippen LogP contribution in [0.25, 0.3) is 0 Å². The maximum atomic E-state index is 11.8. The number of methoxy groups -OCH3 is 1. The lowest BCUT2D eigenvalue weighted by Gasteiger charge is -2.25. The number of rotatable bonds is 5. The Kier molecular flexibility index (Phi) is 4.50.